The maximum absolute atomic E-state index is 12.1. The Hall–Kier alpha value is -2.62. The van der Waals surface area contributed by atoms with Gasteiger partial charge in [0.25, 0.3) is 5.56 Å². The zero-order chi connectivity index (χ0) is 18.4. The van der Waals surface area contributed by atoms with Gasteiger partial charge in [0, 0.05) is 5.56 Å². The molecule has 1 aromatic heterocycles. The number of aromatic nitrogens is 2. The largest absolute Gasteiger partial charge is 0.456 e. The highest BCUT2D eigenvalue weighted by atomic mass is 16.5. The van der Waals surface area contributed by atoms with Crippen molar-refractivity contribution < 1.29 is 4.74 Å². The zero-order valence-corrected chi connectivity index (χ0v) is 15.6. The number of hydrogen-bond donors (Lipinski definition) is 1. The lowest BCUT2D eigenvalue weighted by Crippen LogP contribution is -2.13. The SMILES string of the molecule is CC1CCC(CCc2ccc3c(c2)-c2n[nH]c(=O)c4cccc(c24)O3)CC1. The predicted octanol–water partition coefficient (Wildman–Crippen LogP) is 5.45. The van der Waals surface area contributed by atoms with Gasteiger partial charge in [0.2, 0.25) is 0 Å². The molecule has 4 heteroatoms. The van der Waals surface area contributed by atoms with Crippen molar-refractivity contribution in [2.45, 2.75) is 45.4 Å². The molecule has 2 aromatic carbocycles. The average Bonchev–Trinajstić information content (AvgIpc) is 2.70. The Kier molecular flexibility index (Phi) is 4.00. The van der Waals surface area contributed by atoms with Gasteiger partial charge in [0.15, 0.2) is 0 Å². The van der Waals surface area contributed by atoms with Gasteiger partial charge in [0.1, 0.15) is 17.2 Å². The third-order valence-corrected chi connectivity index (χ3v) is 6.27. The molecular formula is C23H24N2O2. The minimum Gasteiger partial charge on any atom is -0.456 e. The van der Waals surface area contributed by atoms with Gasteiger partial charge >= 0.3 is 0 Å². The lowest BCUT2D eigenvalue weighted by atomic mass is 9.80. The predicted molar refractivity (Wildman–Crippen MR) is 107 cm³/mol. The van der Waals surface area contributed by atoms with Gasteiger partial charge < -0.3 is 4.74 Å². The van der Waals surface area contributed by atoms with Crippen molar-refractivity contribution in [2.24, 2.45) is 11.8 Å². The molecule has 0 unspecified atom stereocenters. The van der Waals surface area contributed by atoms with Crippen molar-refractivity contribution in [3.8, 4) is 22.8 Å². The molecule has 1 aliphatic carbocycles. The summed E-state index contributed by atoms with van der Waals surface area (Å²) in [4.78, 5) is 12.1. The van der Waals surface area contributed by atoms with Crippen molar-refractivity contribution in [2.75, 3.05) is 0 Å². The zero-order valence-electron chi connectivity index (χ0n) is 15.6. The second-order valence-electron chi connectivity index (χ2n) is 8.18. The van der Waals surface area contributed by atoms with Crippen LogP contribution in [0.5, 0.6) is 11.5 Å². The average molecular weight is 360 g/mol. The molecule has 1 fully saturated rings. The summed E-state index contributed by atoms with van der Waals surface area (Å²) in [6.45, 7) is 2.37. The first-order valence-corrected chi connectivity index (χ1v) is 10.0. The Morgan fingerprint density at radius 1 is 1.11 bits per heavy atom. The molecule has 0 spiro atoms. The minimum atomic E-state index is -0.176. The number of ether oxygens (including phenoxy) is 1. The van der Waals surface area contributed by atoms with Gasteiger partial charge in [-0.3, -0.25) is 4.79 Å². The highest BCUT2D eigenvalue weighted by Crippen LogP contribution is 2.44. The van der Waals surface area contributed by atoms with Gasteiger partial charge in [-0.25, -0.2) is 5.10 Å². The minimum absolute atomic E-state index is 0.176. The monoisotopic (exact) mass is 360 g/mol. The lowest BCUT2D eigenvalue weighted by molar-refractivity contribution is 0.278. The van der Waals surface area contributed by atoms with E-state index in [2.05, 4.69) is 29.3 Å². The Labute approximate surface area is 158 Å². The van der Waals surface area contributed by atoms with Gasteiger partial charge in [-0.1, -0.05) is 44.7 Å². The molecule has 4 nitrogen and oxygen atoms in total. The summed E-state index contributed by atoms with van der Waals surface area (Å²) in [6.07, 6.45) is 7.81. The first-order chi connectivity index (χ1) is 13.2. The van der Waals surface area contributed by atoms with Crippen molar-refractivity contribution in [3.63, 3.8) is 0 Å². The molecule has 0 atom stereocenters. The number of nitrogens with one attached hydrogen (secondary N) is 1. The van der Waals surface area contributed by atoms with E-state index in [1.807, 2.05) is 24.3 Å². The van der Waals surface area contributed by atoms with Crippen LogP contribution in [0.2, 0.25) is 0 Å². The smallest absolute Gasteiger partial charge is 0.272 e. The summed E-state index contributed by atoms with van der Waals surface area (Å²) in [5.74, 6) is 3.27. The van der Waals surface area contributed by atoms with Gasteiger partial charge in [-0.15, -0.1) is 0 Å². The number of rotatable bonds is 3. The van der Waals surface area contributed by atoms with Crippen molar-refractivity contribution in [3.05, 3.63) is 52.3 Å². The highest BCUT2D eigenvalue weighted by molar-refractivity contribution is 6.01. The summed E-state index contributed by atoms with van der Waals surface area (Å²) in [6, 6.07) is 12.0. The number of benzene rings is 2. The van der Waals surface area contributed by atoms with E-state index in [4.69, 9.17) is 4.74 Å². The summed E-state index contributed by atoms with van der Waals surface area (Å²) in [5, 5.41) is 8.44. The molecular weight excluding hydrogens is 336 g/mol. The standard InChI is InChI=1S/C23H24N2O2/c1-14-5-7-15(8-6-14)9-10-16-11-12-19-18(13-16)22-21-17(23(26)25-24-22)3-2-4-20(21)27-19/h2-4,11-15H,5-10H2,1H3,(H,25,26). The molecule has 1 saturated carbocycles. The van der Waals surface area contributed by atoms with E-state index in [0.29, 0.717) is 11.1 Å². The maximum atomic E-state index is 12.1. The molecule has 0 bridgehead atoms. The Bertz CT molecular complexity index is 1060. The summed E-state index contributed by atoms with van der Waals surface area (Å²) in [5.41, 5.74) is 2.93. The maximum Gasteiger partial charge on any atom is 0.272 e. The third-order valence-electron chi connectivity index (χ3n) is 6.27. The number of nitrogens with zero attached hydrogens (tertiary/aromatic N) is 1. The van der Waals surface area contributed by atoms with Crippen LogP contribution in [-0.4, -0.2) is 10.2 Å². The van der Waals surface area contributed by atoms with Gasteiger partial charge in [-0.05, 0) is 54.5 Å². The molecule has 138 valence electrons. The highest BCUT2D eigenvalue weighted by Gasteiger charge is 2.23. The van der Waals surface area contributed by atoms with Crippen LogP contribution < -0.4 is 10.3 Å². The number of hydrogen-bond acceptors (Lipinski definition) is 3. The Morgan fingerprint density at radius 2 is 1.96 bits per heavy atom. The fourth-order valence-electron chi connectivity index (χ4n) is 4.58. The Balaban J connectivity index is 1.46. The molecule has 1 aliphatic heterocycles. The van der Waals surface area contributed by atoms with E-state index in [-0.39, 0.29) is 5.56 Å². The molecule has 0 radical (unpaired) electrons. The first-order valence-electron chi connectivity index (χ1n) is 10.0. The lowest BCUT2D eigenvalue weighted by Gasteiger charge is -2.26. The second kappa shape index (κ2) is 6.52. The molecule has 5 rings (SSSR count). The topological polar surface area (TPSA) is 55.0 Å². The summed E-state index contributed by atoms with van der Waals surface area (Å²) >= 11 is 0. The molecule has 1 N–H and O–H groups in total. The molecule has 0 amide bonds. The van der Waals surface area contributed by atoms with E-state index in [1.54, 1.807) is 0 Å². The van der Waals surface area contributed by atoms with Crippen molar-refractivity contribution in [1.82, 2.24) is 10.2 Å². The van der Waals surface area contributed by atoms with Crippen LogP contribution in [0.15, 0.2) is 41.2 Å². The summed E-state index contributed by atoms with van der Waals surface area (Å²) < 4.78 is 6.07. The van der Waals surface area contributed by atoms with E-state index in [9.17, 15) is 4.79 Å². The van der Waals surface area contributed by atoms with Crippen LogP contribution >= 0.6 is 0 Å². The van der Waals surface area contributed by atoms with E-state index >= 15 is 0 Å². The second-order valence-corrected chi connectivity index (χ2v) is 8.18. The normalized spacial score (nSPS) is 20.9. The van der Waals surface area contributed by atoms with Gasteiger partial charge in [0.05, 0.1) is 10.8 Å². The number of aryl methyl sites for hydroxylation is 1. The fourth-order valence-corrected chi connectivity index (χ4v) is 4.58. The van der Waals surface area contributed by atoms with E-state index in [1.165, 1.54) is 37.7 Å². The van der Waals surface area contributed by atoms with E-state index < -0.39 is 0 Å². The van der Waals surface area contributed by atoms with Crippen LogP contribution in [0, 0.1) is 11.8 Å². The van der Waals surface area contributed by atoms with Crippen molar-refractivity contribution >= 4 is 10.8 Å². The van der Waals surface area contributed by atoms with E-state index in [0.717, 1.165) is 40.6 Å². The summed E-state index contributed by atoms with van der Waals surface area (Å²) in [7, 11) is 0. The van der Waals surface area contributed by atoms with Crippen LogP contribution in [-0.2, 0) is 6.42 Å². The fraction of sp³-hybridized carbons (Fsp3) is 0.391. The molecule has 3 aromatic rings. The number of fused-ring (bicyclic) bond motifs is 2. The first kappa shape index (κ1) is 16.5. The quantitative estimate of drug-likeness (QED) is 0.528. The van der Waals surface area contributed by atoms with Crippen molar-refractivity contribution in [1.29, 1.82) is 0 Å². The van der Waals surface area contributed by atoms with Crippen LogP contribution in [0.4, 0.5) is 0 Å². The third kappa shape index (κ3) is 2.93. The van der Waals surface area contributed by atoms with Crippen LogP contribution in [0.25, 0.3) is 22.0 Å². The molecule has 2 heterocycles. The number of aromatic amines is 1. The molecule has 0 saturated heterocycles. The molecule has 2 aliphatic rings. The van der Waals surface area contributed by atoms with Crippen LogP contribution in [0.1, 0.15) is 44.6 Å². The van der Waals surface area contributed by atoms with Crippen LogP contribution in [0.3, 0.4) is 0 Å². The molecule has 27 heavy (non-hydrogen) atoms. The Morgan fingerprint density at radius 3 is 2.81 bits per heavy atom. The number of H-pyrrole nitrogens is 1. The van der Waals surface area contributed by atoms with Gasteiger partial charge in [-0.2, -0.15) is 5.10 Å².